The summed E-state index contributed by atoms with van der Waals surface area (Å²) in [5, 5.41) is 8.76. The van der Waals surface area contributed by atoms with E-state index in [0.717, 1.165) is 6.54 Å². The van der Waals surface area contributed by atoms with Crippen molar-refractivity contribution in [3.8, 4) is 5.75 Å². The molecule has 2 rings (SSSR count). The quantitative estimate of drug-likeness (QED) is 0.772. The van der Waals surface area contributed by atoms with Crippen LogP contribution in [0.25, 0.3) is 0 Å². The van der Waals surface area contributed by atoms with Crippen LogP contribution >= 0.6 is 0 Å². The average Bonchev–Trinajstić information content (AvgIpc) is 2.40. The molecule has 0 aromatic heterocycles. The van der Waals surface area contributed by atoms with Crippen LogP contribution < -0.4 is 20.7 Å². The molecular weight excluding hydrogens is 270 g/mol. The van der Waals surface area contributed by atoms with Gasteiger partial charge in [-0.05, 0) is 38.6 Å². The highest BCUT2D eigenvalue weighted by molar-refractivity contribution is 5.99. The van der Waals surface area contributed by atoms with E-state index in [1.54, 1.807) is 25.1 Å². The van der Waals surface area contributed by atoms with Gasteiger partial charge in [-0.15, -0.1) is 0 Å². The van der Waals surface area contributed by atoms with E-state index < -0.39 is 6.10 Å². The first-order valence-electron chi connectivity index (χ1n) is 7.14. The van der Waals surface area contributed by atoms with E-state index in [-0.39, 0.29) is 17.9 Å². The Bertz CT molecular complexity index is 545. The Hall–Kier alpha value is -2.08. The number of carbonyl (C=O) groups excluding carboxylic acids is 2. The fourth-order valence-corrected chi connectivity index (χ4v) is 2.20. The van der Waals surface area contributed by atoms with Crippen molar-refractivity contribution >= 4 is 23.2 Å². The lowest BCUT2D eigenvalue weighted by Crippen LogP contribution is -2.34. The van der Waals surface area contributed by atoms with Crippen LogP contribution in [0.1, 0.15) is 27.2 Å². The molecule has 3 N–H and O–H groups in total. The number of ether oxygens (including phenoxy) is 1. The van der Waals surface area contributed by atoms with Gasteiger partial charge in [0.1, 0.15) is 5.75 Å². The number of nitrogens with one attached hydrogen (secondary N) is 3. The van der Waals surface area contributed by atoms with Crippen molar-refractivity contribution < 1.29 is 14.3 Å². The Kier molecular flexibility index (Phi) is 4.80. The molecule has 2 unspecified atom stereocenters. The lowest BCUT2D eigenvalue weighted by atomic mass is 10.2. The molecule has 0 spiro atoms. The van der Waals surface area contributed by atoms with Gasteiger partial charge in [-0.25, -0.2) is 0 Å². The molecule has 1 aromatic carbocycles. The minimum atomic E-state index is -0.501. The molecule has 114 valence electrons. The maximum absolute atomic E-state index is 11.9. The normalized spacial score (nSPS) is 18.2. The predicted octanol–water partition coefficient (Wildman–Crippen LogP) is 1.73. The second kappa shape index (κ2) is 6.58. The Morgan fingerprint density at radius 3 is 2.95 bits per heavy atom. The minimum Gasteiger partial charge on any atom is -0.479 e. The second-order valence-corrected chi connectivity index (χ2v) is 5.17. The van der Waals surface area contributed by atoms with Gasteiger partial charge in [-0.3, -0.25) is 9.59 Å². The molecular formula is C15H21N3O3. The number of hydrogen-bond donors (Lipinski definition) is 3. The molecule has 1 aromatic rings. The van der Waals surface area contributed by atoms with Crippen LogP contribution in [0.4, 0.5) is 11.4 Å². The number of rotatable bonds is 5. The maximum Gasteiger partial charge on any atom is 0.265 e. The molecule has 0 fully saturated rings. The van der Waals surface area contributed by atoms with Gasteiger partial charge in [-0.1, -0.05) is 6.92 Å². The zero-order chi connectivity index (χ0) is 15.4. The summed E-state index contributed by atoms with van der Waals surface area (Å²) in [6.07, 6.45) is -0.107. The molecule has 2 atom stereocenters. The topological polar surface area (TPSA) is 79.5 Å². The Morgan fingerprint density at radius 1 is 1.48 bits per heavy atom. The number of anilines is 2. The van der Waals surface area contributed by atoms with Crippen molar-refractivity contribution in [3.63, 3.8) is 0 Å². The summed E-state index contributed by atoms with van der Waals surface area (Å²) in [4.78, 5) is 23.5. The molecule has 0 radical (unpaired) electrons. The lowest BCUT2D eigenvalue weighted by Gasteiger charge is -2.23. The van der Waals surface area contributed by atoms with Crippen molar-refractivity contribution in [2.75, 3.05) is 17.2 Å². The highest BCUT2D eigenvalue weighted by atomic mass is 16.5. The van der Waals surface area contributed by atoms with Gasteiger partial charge in [-0.2, -0.15) is 0 Å². The lowest BCUT2D eigenvalue weighted by molar-refractivity contribution is -0.122. The Balaban J connectivity index is 2.01. The third-order valence-electron chi connectivity index (χ3n) is 3.24. The van der Waals surface area contributed by atoms with Crippen LogP contribution in [0.5, 0.6) is 5.75 Å². The number of benzene rings is 1. The van der Waals surface area contributed by atoms with Gasteiger partial charge in [0.2, 0.25) is 5.91 Å². The van der Waals surface area contributed by atoms with Crippen molar-refractivity contribution in [1.29, 1.82) is 0 Å². The number of carbonyl (C=O) groups is 2. The van der Waals surface area contributed by atoms with Crippen LogP contribution in [0, 0.1) is 0 Å². The first-order chi connectivity index (χ1) is 9.99. The molecule has 2 amide bonds. The zero-order valence-corrected chi connectivity index (χ0v) is 12.5. The number of fused-ring (bicyclic) bond motifs is 1. The Labute approximate surface area is 124 Å². The van der Waals surface area contributed by atoms with E-state index >= 15 is 0 Å². The van der Waals surface area contributed by atoms with Crippen LogP contribution in [0.15, 0.2) is 18.2 Å². The van der Waals surface area contributed by atoms with Crippen LogP contribution in [-0.4, -0.2) is 30.5 Å². The zero-order valence-electron chi connectivity index (χ0n) is 12.5. The van der Waals surface area contributed by atoms with Gasteiger partial charge in [0.25, 0.3) is 5.91 Å². The van der Waals surface area contributed by atoms with Crippen molar-refractivity contribution in [2.45, 2.75) is 39.3 Å². The summed E-state index contributed by atoms with van der Waals surface area (Å²) < 4.78 is 5.47. The summed E-state index contributed by atoms with van der Waals surface area (Å²) in [5.41, 5.74) is 1.22. The minimum absolute atomic E-state index is 0.0696. The van der Waals surface area contributed by atoms with E-state index in [1.165, 1.54) is 0 Å². The summed E-state index contributed by atoms with van der Waals surface area (Å²) in [7, 11) is 0. The van der Waals surface area contributed by atoms with Crippen LogP contribution in [0.3, 0.4) is 0 Å². The molecule has 0 aliphatic carbocycles. The van der Waals surface area contributed by atoms with Gasteiger partial charge < -0.3 is 20.7 Å². The van der Waals surface area contributed by atoms with E-state index in [1.807, 2.05) is 13.8 Å². The molecule has 0 bridgehead atoms. The molecule has 21 heavy (non-hydrogen) atoms. The van der Waals surface area contributed by atoms with E-state index in [4.69, 9.17) is 4.74 Å². The standard InChI is InChI=1S/C15H21N3O3/c1-4-16-9(2)7-14(19)17-11-5-6-13-12(8-11)18-15(20)10(3)21-13/h5-6,8-10,16H,4,7H2,1-3H3,(H,17,19)(H,18,20). The van der Waals surface area contributed by atoms with Gasteiger partial charge in [0, 0.05) is 18.2 Å². The fraction of sp³-hybridized carbons (Fsp3) is 0.467. The summed E-state index contributed by atoms with van der Waals surface area (Å²) in [5.74, 6) is 0.354. The van der Waals surface area contributed by atoms with Gasteiger partial charge in [0.15, 0.2) is 6.10 Å². The molecule has 1 heterocycles. The van der Waals surface area contributed by atoms with E-state index in [2.05, 4.69) is 16.0 Å². The van der Waals surface area contributed by atoms with Crippen molar-refractivity contribution in [3.05, 3.63) is 18.2 Å². The van der Waals surface area contributed by atoms with Gasteiger partial charge >= 0.3 is 0 Å². The molecule has 0 saturated heterocycles. The summed E-state index contributed by atoms with van der Waals surface area (Å²) in [6, 6.07) is 5.33. The molecule has 6 heteroatoms. The second-order valence-electron chi connectivity index (χ2n) is 5.17. The maximum atomic E-state index is 11.9. The van der Waals surface area contributed by atoms with Crippen LogP contribution in [0.2, 0.25) is 0 Å². The molecule has 1 aliphatic rings. The largest absolute Gasteiger partial charge is 0.479 e. The van der Waals surface area contributed by atoms with E-state index in [9.17, 15) is 9.59 Å². The van der Waals surface area contributed by atoms with Gasteiger partial charge in [0.05, 0.1) is 5.69 Å². The molecule has 1 aliphatic heterocycles. The van der Waals surface area contributed by atoms with Crippen LogP contribution in [-0.2, 0) is 9.59 Å². The highest BCUT2D eigenvalue weighted by Crippen LogP contribution is 2.32. The Morgan fingerprint density at radius 2 is 2.24 bits per heavy atom. The summed E-state index contributed by atoms with van der Waals surface area (Å²) in [6.45, 7) is 6.48. The summed E-state index contributed by atoms with van der Waals surface area (Å²) >= 11 is 0. The SMILES string of the molecule is CCNC(C)CC(=O)Nc1ccc2c(c1)NC(=O)C(C)O2. The average molecular weight is 291 g/mol. The fourth-order valence-electron chi connectivity index (χ4n) is 2.20. The first kappa shape index (κ1) is 15.3. The third-order valence-corrected chi connectivity index (χ3v) is 3.24. The molecule has 6 nitrogen and oxygen atoms in total. The van der Waals surface area contributed by atoms with Crippen molar-refractivity contribution in [2.24, 2.45) is 0 Å². The monoisotopic (exact) mass is 291 g/mol. The third kappa shape index (κ3) is 3.95. The smallest absolute Gasteiger partial charge is 0.265 e. The van der Waals surface area contributed by atoms with E-state index in [0.29, 0.717) is 23.5 Å². The highest BCUT2D eigenvalue weighted by Gasteiger charge is 2.23. The number of amides is 2. The molecule has 0 saturated carbocycles. The van der Waals surface area contributed by atoms with Crippen molar-refractivity contribution in [1.82, 2.24) is 5.32 Å². The number of hydrogen-bond acceptors (Lipinski definition) is 4. The first-order valence-corrected chi connectivity index (χ1v) is 7.14. The predicted molar refractivity (Wildman–Crippen MR) is 81.5 cm³/mol.